The molecule has 4 fully saturated rings. The number of pyridine rings is 1. The van der Waals surface area contributed by atoms with Crippen molar-refractivity contribution in [2.24, 2.45) is 63.2 Å². The summed E-state index contributed by atoms with van der Waals surface area (Å²) < 4.78 is 8.25. The number of halogens is 1. The SMILES string of the molecule is CC(C)C1=C2[C@H]3CC[C@@H]4[C@@]5(C)CC[C@H](OC(=O)CC(C)(C)C(=O)O)C(C)(C)[C@@H]5CC[C@@]4(C)[C@]3(C)CC[C@@]2(Cc2cc(O)c(-c3ccc(Cl)cn3)n2C)CC1=O. The Kier molecular flexibility index (Phi) is 9.63. The lowest BCUT2D eigenvalue weighted by Gasteiger charge is -2.72. The number of rotatable bonds is 8. The van der Waals surface area contributed by atoms with Crippen LogP contribution in [0.2, 0.25) is 5.02 Å². The summed E-state index contributed by atoms with van der Waals surface area (Å²) in [5, 5.41) is 21.4. The van der Waals surface area contributed by atoms with Gasteiger partial charge in [-0.25, -0.2) is 0 Å². The van der Waals surface area contributed by atoms with Gasteiger partial charge >= 0.3 is 11.9 Å². The highest BCUT2D eigenvalue weighted by Gasteiger charge is 2.70. The average molecular weight is 775 g/mol. The summed E-state index contributed by atoms with van der Waals surface area (Å²) in [6.45, 7) is 19.8. The molecule has 5 aliphatic rings. The van der Waals surface area contributed by atoms with Gasteiger partial charge in [-0.1, -0.05) is 65.6 Å². The van der Waals surface area contributed by atoms with E-state index in [1.54, 1.807) is 26.1 Å². The van der Waals surface area contributed by atoms with Crippen LogP contribution in [0.5, 0.6) is 5.75 Å². The van der Waals surface area contributed by atoms with Crippen LogP contribution in [-0.2, 0) is 32.6 Å². The zero-order valence-corrected chi connectivity index (χ0v) is 35.5. The number of hydrogen-bond donors (Lipinski definition) is 2. The highest BCUT2D eigenvalue weighted by molar-refractivity contribution is 6.30. The largest absolute Gasteiger partial charge is 0.506 e. The first kappa shape index (κ1) is 40.1. The maximum Gasteiger partial charge on any atom is 0.309 e. The molecule has 0 aromatic carbocycles. The lowest BCUT2D eigenvalue weighted by Crippen LogP contribution is -2.65. The number of carboxylic acid groups (broad SMARTS) is 1. The smallest absolute Gasteiger partial charge is 0.309 e. The molecule has 8 atom stereocenters. The number of Topliss-reactive ketones (excluding diaryl/α,β-unsaturated/α-hetero) is 1. The molecule has 0 radical (unpaired) electrons. The molecule has 300 valence electrons. The van der Waals surface area contributed by atoms with Gasteiger partial charge in [-0.2, -0.15) is 0 Å². The molecule has 4 saturated carbocycles. The number of aliphatic carboxylic acids is 1. The van der Waals surface area contributed by atoms with Crippen LogP contribution in [0.25, 0.3) is 11.4 Å². The van der Waals surface area contributed by atoms with Gasteiger partial charge in [0, 0.05) is 42.3 Å². The normalized spacial score (nSPS) is 35.5. The Balaban J connectivity index is 1.20. The number of ether oxygens (including phenoxy) is 1. The quantitative estimate of drug-likeness (QED) is 0.256. The van der Waals surface area contributed by atoms with Gasteiger partial charge in [0.25, 0.3) is 0 Å². The van der Waals surface area contributed by atoms with Gasteiger partial charge in [-0.3, -0.25) is 19.4 Å². The van der Waals surface area contributed by atoms with E-state index >= 15 is 0 Å². The number of aromatic hydroxyl groups is 1. The Hall–Kier alpha value is -3.13. The summed E-state index contributed by atoms with van der Waals surface area (Å²) in [5.41, 5.74) is 3.27. The van der Waals surface area contributed by atoms with Gasteiger partial charge in [0.1, 0.15) is 17.5 Å². The standard InChI is InChI=1S/C46H63ClN2O6/c1-26(2)37-32(51)23-46(22-28-21-31(50)39(49(28)10)30-13-11-27(47)25-48-30)20-19-44(8)29(38(37)46)12-14-34-43(7)17-16-35(55-36(52)24-41(3,4)40(53)54)42(5,6)33(43)15-18-45(34,44)9/h11,13,21,25-26,29,33-35,50H,12,14-20,22-24H2,1-10H3,(H,53,54)/t29-,33+,34-,35+,43+,44-,45-,46-/m1/s1. The Bertz CT molecular complexity index is 1940. The molecule has 0 unspecified atom stereocenters. The van der Waals surface area contributed by atoms with E-state index in [2.05, 4.69) is 58.0 Å². The van der Waals surface area contributed by atoms with Crippen molar-refractivity contribution in [3.05, 3.63) is 46.3 Å². The summed E-state index contributed by atoms with van der Waals surface area (Å²) in [6, 6.07) is 5.51. The second-order valence-corrected chi connectivity index (χ2v) is 21.1. The molecular weight excluding hydrogens is 712 g/mol. The average Bonchev–Trinajstić information content (AvgIpc) is 3.53. The lowest BCUT2D eigenvalue weighted by atomic mass is 9.33. The van der Waals surface area contributed by atoms with Gasteiger partial charge in [0.2, 0.25) is 0 Å². The van der Waals surface area contributed by atoms with Crippen molar-refractivity contribution >= 4 is 29.3 Å². The highest BCUT2D eigenvalue weighted by Crippen LogP contribution is 2.77. The molecule has 0 spiro atoms. The number of aromatic nitrogens is 2. The van der Waals surface area contributed by atoms with Gasteiger partial charge in [-0.05, 0) is 129 Å². The third-order valence-electron chi connectivity index (χ3n) is 16.8. The molecule has 0 amide bonds. The first-order valence-corrected chi connectivity index (χ1v) is 21.1. The number of nitrogens with zero attached hydrogens (tertiary/aromatic N) is 2. The molecule has 0 bridgehead atoms. The third kappa shape index (κ3) is 5.95. The lowest BCUT2D eigenvalue weighted by molar-refractivity contribution is -0.233. The summed E-state index contributed by atoms with van der Waals surface area (Å²) in [7, 11) is 1.99. The van der Waals surface area contributed by atoms with Crippen LogP contribution < -0.4 is 0 Å². The molecule has 9 heteroatoms. The van der Waals surface area contributed by atoms with Gasteiger partial charge < -0.3 is 19.5 Å². The van der Waals surface area contributed by atoms with E-state index in [1.807, 2.05) is 19.2 Å². The summed E-state index contributed by atoms with van der Waals surface area (Å²) in [5.74, 6) is 0.392. The summed E-state index contributed by atoms with van der Waals surface area (Å²) in [4.78, 5) is 43.7. The fourth-order valence-electron chi connectivity index (χ4n) is 13.7. The van der Waals surface area contributed by atoms with Crippen molar-refractivity contribution in [3.63, 3.8) is 0 Å². The van der Waals surface area contributed by atoms with E-state index in [1.165, 1.54) is 5.57 Å². The number of carboxylic acids is 1. The fourth-order valence-corrected chi connectivity index (χ4v) is 13.9. The number of fused-ring (bicyclic) bond motifs is 7. The van der Waals surface area contributed by atoms with Crippen molar-refractivity contribution in [1.82, 2.24) is 9.55 Å². The van der Waals surface area contributed by atoms with Crippen molar-refractivity contribution < 1.29 is 29.3 Å². The Morgan fingerprint density at radius 2 is 1.71 bits per heavy atom. The molecule has 55 heavy (non-hydrogen) atoms. The number of hydrogen-bond acceptors (Lipinski definition) is 6. The van der Waals surface area contributed by atoms with Crippen LogP contribution in [0.1, 0.15) is 132 Å². The first-order chi connectivity index (χ1) is 25.5. The molecule has 2 heterocycles. The molecule has 2 aromatic rings. The Morgan fingerprint density at radius 3 is 2.35 bits per heavy atom. The minimum Gasteiger partial charge on any atom is -0.506 e. The second-order valence-electron chi connectivity index (χ2n) is 20.6. The van der Waals surface area contributed by atoms with Crippen LogP contribution in [-0.4, -0.2) is 43.6 Å². The molecule has 2 N–H and O–H groups in total. The van der Waals surface area contributed by atoms with Crippen LogP contribution >= 0.6 is 11.6 Å². The number of carbonyl (C=O) groups excluding carboxylic acids is 2. The van der Waals surface area contributed by atoms with Gasteiger partial charge in [0.15, 0.2) is 5.78 Å². The van der Waals surface area contributed by atoms with Crippen molar-refractivity contribution in [2.75, 3.05) is 0 Å². The predicted octanol–water partition coefficient (Wildman–Crippen LogP) is 10.4. The number of esters is 1. The highest BCUT2D eigenvalue weighted by atomic mass is 35.5. The monoisotopic (exact) mass is 774 g/mol. The number of allylic oxidation sites excluding steroid dienone is 2. The molecule has 0 saturated heterocycles. The predicted molar refractivity (Wildman–Crippen MR) is 214 cm³/mol. The van der Waals surface area contributed by atoms with Crippen LogP contribution in [0.4, 0.5) is 0 Å². The van der Waals surface area contributed by atoms with E-state index in [0.29, 0.717) is 52.8 Å². The second kappa shape index (κ2) is 13.2. The van der Waals surface area contributed by atoms with E-state index < -0.39 is 17.4 Å². The molecule has 7 rings (SSSR count). The maximum atomic E-state index is 14.3. The van der Waals surface area contributed by atoms with Crippen molar-refractivity contribution in [3.8, 4) is 17.1 Å². The number of ketones is 1. The molecule has 8 nitrogen and oxygen atoms in total. The molecular formula is C46H63ClN2O6. The molecule has 0 aliphatic heterocycles. The van der Waals surface area contributed by atoms with Crippen molar-refractivity contribution in [2.45, 2.75) is 139 Å². The maximum absolute atomic E-state index is 14.3. The zero-order chi connectivity index (χ0) is 40.3. The minimum atomic E-state index is -1.17. The van der Waals surface area contributed by atoms with Crippen LogP contribution in [0.3, 0.4) is 0 Å². The first-order valence-electron chi connectivity index (χ1n) is 20.7. The minimum absolute atomic E-state index is 0.0120. The van der Waals surface area contributed by atoms with Gasteiger partial charge in [0.05, 0.1) is 22.6 Å². The van der Waals surface area contributed by atoms with Crippen molar-refractivity contribution in [1.29, 1.82) is 0 Å². The van der Waals surface area contributed by atoms with E-state index in [9.17, 15) is 24.6 Å². The van der Waals surface area contributed by atoms with Crippen LogP contribution in [0.15, 0.2) is 35.5 Å². The topological polar surface area (TPSA) is 119 Å². The van der Waals surface area contributed by atoms with E-state index in [0.717, 1.165) is 62.6 Å². The molecule has 5 aliphatic carbocycles. The fraction of sp³-hybridized carbons (Fsp3) is 0.696. The number of carbonyl (C=O) groups is 3. The molecule has 2 aromatic heterocycles. The van der Waals surface area contributed by atoms with Crippen LogP contribution in [0, 0.1) is 56.2 Å². The van der Waals surface area contributed by atoms with E-state index in [4.69, 9.17) is 16.3 Å². The Morgan fingerprint density at radius 1 is 1.00 bits per heavy atom. The zero-order valence-electron chi connectivity index (χ0n) is 34.8. The van der Waals surface area contributed by atoms with E-state index in [-0.39, 0.29) is 51.3 Å². The third-order valence-corrected chi connectivity index (χ3v) is 17.0. The Labute approximate surface area is 332 Å². The summed E-state index contributed by atoms with van der Waals surface area (Å²) >= 11 is 6.15. The van der Waals surface area contributed by atoms with Gasteiger partial charge in [-0.15, -0.1) is 0 Å². The summed E-state index contributed by atoms with van der Waals surface area (Å²) in [6.07, 6.45) is 10.5.